The molecule has 1 fully saturated rings. The van der Waals surface area contributed by atoms with Gasteiger partial charge < -0.3 is 9.88 Å². The summed E-state index contributed by atoms with van der Waals surface area (Å²) in [7, 11) is 0. The van der Waals surface area contributed by atoms with Crippen molar-refractivity contribution in [2.45, 2.75) is 37.1 Å². The van der Waals surface area contributed by atoms with E-state index in [0.717, 1.165) is 24.0 Å². The lowest BCUT2D eigenvalue weighted by Crippen LogP contribution is -2.23. The molecule has 0 aliphatic heterocycles. The first-order valence-electron chi connectivity index (χ1n) is 7.11. The van der Waals surface area contributed by atoms with E-state index in [2.05, 4.69) is 20.8 Å². The van der Waals surface area contributed by atoms with E-state index >= 15 is 0 Å². The van der Waals surface area contributed by atoms with Gasteiger partial charge in [0.25, 0.3) is 5.56 Å². The zero-order chi connectivity index (χ0) is 14.5. The lowest BCUT2D eigenvalue weighted by molar-refractivity contribution is 0.509. The summed E-state index contributed by atoms with van der Waals surface area (Å²) >= 11 is 1.57. The van der Waals surface area contributed by atoms with E-state index in [1.807, 2.05) is 10.7 Å². The van der Waals surface area contributed by atoms with E-state index in [1.54, 1.807) is 34.7 Å². The Bertz CT molecular complexity index is 635. The van der Waals surface area contributed by atoms with Gasteiger partial charge in [-0.05, 0) is 29.3 Å². The van der Waals surface area contributed by atoms with Crippen LogP contribution in [0.2, 0.25) is 0 Å². The van der Waals surface area contributed by atoms with E-state index in [9.17, 15) is 4.79 Å². The molecule has 2 aromatic heterocycles. The van der Waals surface area contributed by atoms with Gasteiger partial charge in [0.2, 0.25) is 5.16 Å². The number of nitrogens with one attached hydrogen (secondary N) is 1. The Labute approximate surface area is 126 Å². The molecule has 0 bridgehead atoms. The topological polar surface area (TPSA) is 77.6 Å². The van der Waals surface area contributed by atoms with Crippen molar-refractivity contribution in [3.05, 3.63) is 34.7 Å². The largest absolute Gasteiger partial charge is 0.315 e. The van der Waals surface area contributed by atoms with Crippen molar-refractivity contribution in [2.24, 2.45) is 0 Å². The molecule has 0 amide bonds. The van der Waals surface area contributed by atoms with Crippen LogP contribution in [0.3, 0.4) is 0 Å². The molecule has 21 heavy (non-hydrogen) atoms. The highest BCUT2D eigenvalue weighted by Gasteiger charge is 2.20. The number of thioether (sulfide) groups is 1. The van der Waals surface area contributed by atoms with Crippen LogP contribution in [-0.2, 0) is 13.1 Å². The van der Waals surface area contributed by atoms with Gasteiger partial charge in [-0.25, -0.2) is 4.68 Å². The van der Waals surface area contributed by atoms with Crippen LogP contribution >= 0.6 is 11.8 Å². The molecule has 2 heterocycles. The van der Waals surface area contributed by atoms with Crippen LogP contribution in [0.1, 0.15) is 12.8 Å². The monoisotopic (exact) mass is 306 g/mol. The Morgan fingerprint density at radius 1 is 1.33 bits per heavy atom. The Balaban J connectivity index is 1.47. The SMILES string of the molecule is O=c1ccccn1CCSc1nnnn1CCNC1CC1. The quantitative estimate of drug-likeness (QED) is 0.711. The third kappa shape index (κ3) is 4.15. The van der Waals surface area contributed by atoms with Crippen LogP contribution in [0.4, 0.5) is 0 Å². The maximum atomic E-state index is 11.6. The van der Waals surface area contributed by atoms with E-state index in [0.29, 0.717) is 12.6 Å². The van der Waals surface area contributed by atoms with Crippen LogP contribution in [-0.4, -0.2) is 43.1 Å². The van der Waals surface area contributed by atoms with E-state index in [4.69, 9.17) is 0 Å². The second-order valence-electron chi connectivity index (χ2n) is 4.99. The number of pyridine rings is 1. The molecule has 1 saturated carbocycles. The molecule has 0 aromatic carbocycles. The number of aromatic nitrogens is 5. The summed E-state index contributed by atoms with van der Waals surface area (Å²) < 4.78 is 3.50. The van der Waals surface area contributed by atoms with E-state index in [-0.39, 0.29) is 5.56 Å². The van der Waals surface area contributed by atoms with Gasteiger partial charge in [0.05, 0.1) is 6.54 Å². The fourth-order valence-corrected chi connectivity index (χ4v) is 2.82. The summed E-state index contributed by atoms with van der Waals surface area (Å²) in [5, 5.41) is 16.0. The van der Waals surface area contributed by atoms with Crippen molar-refractivity contribution in [3.8, 4) is 0 Å². The molecule has 0 atom stereocenters. The second-order valence-corrected chi connectivity index (χ2v) is 6.06. The van der Waals surface area contributed by atoms with Crippen molar-refractivity contribution >= 4 is 11.8 Å². The Kier molecular flexibility index (Phi) is 4.66. The van der Waals surface area contributed by atoms with Gasteiger partial charge in [-0.15, -0.1) is 5.10 Å². The highest BCUT2D eigenvalue weighted by Crippen LogP contribution is 2.18. The molecule has 1 aliphatic rings. The van der Waals surface area contributed by atoms with Crippen molar-refractivity contribution in [2.75, 3.05) is 12.3 Å². The van der Waals surface area contributed by atoms with Gasteiger partial charge in [-0.1, -0.05) is 17.8 Å². The summed E-state index contributed by atoms with van der Waals surface area (Å²) in [6.45, 7) is 2.32. The minimum absolute atomic E-state index is 0.0197. The van der Waals surface area contributed by atoms with Gasteiger partial charge >= 0.3 is 0 Å². The molecule has 8 heteroatoms. The number of hydrogen-bond donors (Lipinski definition) is 1. The Morgan fingerprint density at radius 3 is 3.05 bits per heavy atom. The number of rotatable bonds is 8. The molecule has 2 aromatic rings. The molecule has 3 rings (SSSR count). The normalized spacial score (nSPS) is 14.5. The number of tetrazole rings is 1. The highest BCUT2D eigenvalue weighted by atomic mass is 32.2. The molecule has 0 unspecified atom stereocenters. The standard InChI is InChI=1S/C13H18N6OS/c20-12-3-1-2-7-18(12)9-10-21-13-15-16-17-19(13)8-6-14-11-4-5-11/h1-3,7,11,14H,4-6,8-10H2. The smallest absolute Gasteiger partial charge is 0.250 e. The fourth-order valence-electron chi connectivity index (χ4n) is 1.98. The van der Waals surface area contributed by atoms with Crippen molar-refractivity contribution < 1.29 is 0 Å². The minimum Gasteiger partial charge on any atom is -0.315 e. The molecule has 0 saturated heterocycles. The van der Waals surface area contributed by atoms with Crippen molar-refractivity contribution in [3.63, 3.8) is 0 Å². The first-order valence-corrected chi connectivity index (χ1v) is 8.09. The predicted octanol–water partition coefficient (Wildman–Crippen LogP) is 0.379. The van der Waals surface area contributed by atoms with Gasteiger partial charge in [-0.2, -0.15) is 0 Å². The average Bonchev–Trinajstić information content (AvgIpc) is 3.20. The van der Waals surface area contributed by atoms with E-state index < -0.39 is 0 Å². The molecule has 1 N–H and O–H groups in total. The summed E-state index contributed by atoms with van der Waals surface area (Å²) in [5.74, 6) is 0.764. The van der Waals surface area contributed by atoms with Crippen LogP contribution < -0.4 is 10.9 Å². The van der Waals surface area contributed by atoms with Gasteiger partial charge in [0.15, 0.2) is 0 Å². The predicted molar refractivity (Wildman–Crippen MR) is 80.3 cm³/mol. The zero-order valence-corrected chi connectivity index (χ0v) is 12.5. The molecule has 1 aliphatic carbocycles. The molecule has 0 spiro atoms. The highest BCUT2D eigenvalue weighted by molar-refractivity contribution is 7.99. The summed E-state index contributed by atoms with van der Waals surface area (Å²) in [6.07, 6.45) is 4.36. The number of nitrogens with zero attached hydrogens (tertiary/aromatic N) is 5. The Morgan fingerprint density at radius 2 is 2.24 bits per heavy atom. The maximum absolute atomic E-state index is 11.6. The summed E-state index contributed by atoms with van der Waals surface area (Å²) in [6, 6.07) is 5.87. The first-order chi connectivity index (χ1) is 10.3. The van der Waals surface area contributed by atoms with Gasteiger partial charge in [0, 0.05) is 37.1 Å². The van der Waals surface area contributed by atoms with Crippen LogP contribution in [0.25, 0.3) is 0 Å². The maximum Gasteiger partial charge on any atom is 0.250 e. The second kappa shape index (κ2) is 6.86. The number of aryl methyl sites for hydroxylation is 1. The summed E-state index contributed by atoms with van der Waals surface area (Å²) in [5.41, 5.74) is 0.0197. The molecular formula is C13H18N6OS. The van der Waals surface area contributed by atoms with Crippen molar-refractivity contribution in [1.29, 1.82) is 0 Å². The lowest BCUT2D eigenvalue weighted by atomic mass is 10.5. The molecule has 0 radical (unpaired) electrons. The number of hydrogen-bond acceptors (Lipinski definition) is 6. The first kappa shape index (κ1) is 14.3. The minimum atomic E-state index is 0.0197. The fraction of sp³-hybridized carbons (Fsp3) is 0.538. The molecule has 112 valence electrons. The van der Waals surface area contributed by atoms with Crippen LogP contribution in [0.15, 0.2) is 34.3 Å². The third-order valence-electron chi connectivity index (χ3n) is 3.30. The summed E-state index contributed by atoms with van der Waals surface area (Å²) in [4.78, 5) is 11.6. The Hall–Kier alpha value is -1.67. The average molecular weight is 306 g/mol. The zero-order valence-electron chi connectivity index (χ0n) is 11.7. The molecule has 7 nitrogen and oxygen atoms in total. The van der Waals surface area contributed by atoms with Gasteiger partial charge in [-0.3, -0.25) is 4.79 Å². The third-order valence-corrected chi connectivity index (χ3v) is 4.23. The van der Waals surface area contributed by atoms with Crippen LogP contribution in [0, 0.1) is 0 Å². The van der Waals surface area contributed by atoms with Crippen molar-refractivity contribution in [1.82, 2.24) is 30.1 Å². The van der Waals surface area contributed by atoms with Gasteiger partial charge in [0.1, 0.15) is 0 Å². The van der Waals surface area contributed by atoms with E-state index in [1.165, 1.54) is 12.8 Å². The molecular weight excluding hydrogens is 288 g/mol. The lowest BCUT2D eigenvalue weighted by Gasteiger charge is -2.06. The van der Waals surface area contributed by atoms with Crippen LogP contribution in [0.5, 0.6) is 0 Å².